The third-order valence-electron chi connectivity index (χ3n) is 18.7. The van der Waals surface area contributed by atoms with Gasteiger partial charge in [-0.15, -0.1) is 0 Å². The van der Waals surface area contributed by atoms with E-state index in [2.05, 4.69) is 187 Å². The summed E-state index contributed by atoms with van der Waals surface area (Å²) in [6.07, 6.45) is 18.6. The van der Waals surface area contributed by atoms with Crippen molar-refractivity contribution in [1.29, 1.82) is 0 Å². The van der Waals surface area contributed by atoms with E-state index in [1.54, 1.807) is 0 Å². The summed E-state index contributed by atoms with van der Waals surface area (Å²) >= 11 is 0. The summed E-state index contributed by atoms with van der Waals surface area (Å²) in [5, 5.41) is 0. The highest BCUT2D eigenvalue weighted by Gasteiger charge is 2.48. The van der Waals surface area contributed by atoms with Gasteiger partial charge in [-0.2, -0.15) is 0 Å². The lowest BCUT2D eigenvalue weighted by molar-refractivity contribution is -0.0314. The number of hydrogen-bond acceptors (Lipinski definition) is 0. The van der Waals surface area contributed by atoms with E-state index in [-0.39, 0.29) is 16.2 Å². The maximum atomic E-state index is 2.63. The normalized spacial score (nSPS) is 17.8. The standard InChI is InChI=1S/C56H114/c1-28-46(56(26,27)51(16,17)36-32-31-35-50(14,15)52(18,19)38-43(3)42(2)37-48(9,10)11)41-55(24,25)54(22,23)40-45(5)44(4)39-53(20,21)49(12,13)34-30-29-33-47(6,7)8/h42-46H,28-41H2,1-27H3. The summed E-state index contributed by atoms with van der Waals surface area (Å²) in [5.41, 5.74) is 3.37. The van der Waals surface area contributed by atoms with Crippen molar-refractivity contribution < 1.29 is 0 Å². The smallest absolute Gasteiger partial charge is 0.0275 e. The van der Waals surface area contributed by atoms with Crippen molar-refractivity contribution in [2.75, 3.05) is 0 Å². The maximum Gasteiger partial charge on any atom is -0.0275 e. The molecular weight excluding hydrogens is 673 g/mol. The Kier molecular flexibility index (Phi) is 20.2. The molecule has 0 aromatic carbocycles. The van der Waals surface area contributed by atoms with Gasteiger partial charge in [0.05, 0.1) is 0 Å². The lowest BCUT2D eigenvalue weighted by atomic mass is 9.52. The second kappa shape index (κ2) is 20.2. The lowest BCUT2D eigenvalue weighted by Gasteiger charge is -2.53. The van der Waals surface area contributed by atoms with Crippen LogP contribution in [-0.4, -0.2) is 0 Å². The van der Waals surface area contributed by atoms with Gasteiger partial charge >= 0.3 is 0 Å². The quantitative estimate of drug-likeness (QED) is 0.0766. The molecule has 338 valence electrons. The van der Waals surface area contributed by atoms with Crippen molar-refractivity contribution in [2.24, 2.45) is 83.7 Å². The van der Waals surface area contributed by atoms with E-state index in [0.29, 0.717) is 49.7 Å². The average Bonchev–Trinajstić information content (AvgIpc) is 2.97. The Balaban J connectivity index is 5.57. The minimum Gasteiger partial charge on any atom is -0.0651 e. The van der Waals surface area contributed by atoms with E-state index in [4.69, 9.17) is 0 Å². The number of hydrogen-bond donors (Lipinski definition) is 0. The van der Waals surface area contributed by atoms with Crippen LogP contribution in [0.25, 0.3) is 0 Å². The molecule has 0 fully saturated rings. The van der Waals surface area contributed by atoms with Gasteiger partial charge in [0.1, 0.15) is 0 Å². The van der Waals surface area contributed by atoms with Crippen LogP contribution < -0.4 is 0 Å². The molecule has 0 bridgehead atoms. The molecule has 0 aromatic rings. The molecule has 56 heavy (non-hydrogen) atoms. The second-order valence-corrected chi connectivity index (χ2v) is 28.5. The maximum absolute atomic E-state index is 2.63. The molecule has 0 nitrogen and oxygen atoms in total. The average molecular weight is 788 g/mol. The zero-order chi connectivity index (χ0) is 44.8. The summed E-state index contributed by atoms with van der Waals surface area (Å²) in [4.78, 5) is 0. The summed E-state index contributed by atoms with van der Waals surface area (Å²) in [7, 11) is 0. The Bertz CT molecular complexity index is 1100. The van der Waals surface area contributed by atoms with Gasteiger partial charge in [-0.25, -0.2) is 0 Å². The van der Waals surface area contributed by atoms with Crippen LogP contribution in [0.2, 0.25) is 0 Å². The first-order chi connectivity index (χ1) is 24.6. The van der Waals surface area contributed by atoms with Crippen LogP contribution in [0.5, 0.6) is 0 Å². The molecule has 0 radical (unpaired) electrons. The van der Waals surface area contributed by atoms with Crippen LogP contribution in [-0.2, 0) is 0 Å². The first kappa shape index (κ1) is 56.0. The SMILES string of the molecule is CCC(CC(C)(C)C(C)(C)CC(C)C(C)CC(C)(C)C(C)(C)CCCCC(C)(C)C)C(C)(C)C(C)(C)CCCCC(C)(C)C(C)(C)CC(C)C(C)CC(C)(C)C. The van der Waals surface area contributed by atoms with Gasteiger partial charge in [0.15, 0.2) is 0 Å². The highest BCUT2D eigenvalue weighted by Crippen LogP contribution is 2.57. The topological polar surface area (TPSA) is 0 Å². The van der Waals surface area contributed by atoms with Gasteiger partial charge in [0.25, 0.3) is 0 Å². The largest absolute Gasteiger partial charge is 0.0651 e. The fraction of sp³-hybridized carbons (Fsp3) is 1.00. The van der Waals surface area contributed by atoms with E-state index < -0.39 is 0 Å². The van der Waals surface area contributed by atoms with Crippen LogP contribution in [0.3, 0.4) is 0 Å². The molecule has 5 unspecified atom stereocenters. The molecule has 0 aromatic heterocycles. The van der Waals surface area contributed by atoms with E-state index in [1.807, 2.05) is 0 Å². The molecule has 0 rings (SSSR count). The molecule has 0 aliphatic carbocycles. The first-order valence-electron chi connectivity index (χ1n) is 24.6. The van der Waals surface area contributed by atoms with Crippen molar-refractivity contribution in [3.05, 3.63) is 0 Å². The summed E-state index contributed by atoms with van der Waals surface area (Å²) in [5.74, 6) is 3.69. The summed E-state index contributed by atoms with van der Waals surface area (Å²) in [6.45, 7) is 68.5. The third-order valence-corrected chi connectivity index (χ3v) is 18.7. The Hall–Kier alpha value is 0. The fourth-order valence-electron chi connectivity index (χ4n) is 10.7. The van der Waals surface area contributed by atoms with Crippen molar-refractivity contribution in [3.63, 3.8) is 0 Å². The minimum atomic E-state index is 0.272. The van der Waals surface area contributed by atoms with Crippen molar-refractivity contribution >= 4 is 0 Å². The minimum absolute atomic E-state index is 0.272. The highest BCUT2D eigenvalue weighted by atomic mass is 14.5. The van der Waals surface area contributed by atoms with Crippen LogP contribution in [0.1, 0.15) is 277 Å². The molecule has 0 saturated carbocycles. The molecule has 0 heterocycles. The Morgan fingerprint density at radius 1 is 0.286 bits per heavy atom. The molecule has 0 spiro atoms. The van der Waals surface area contributed by atoms with Crippen LogP contribution in [0, 0.1) is 83.7 Å². The predicted molar refractivity (Wildman–Crippen MR) is 260 cm³/mol. The van der Waals surface area contributed by atoms with Crippen molar-refractivity contribution in [1.82, 2.24) is 0 Å². The van der Waals surface area contributed by atoms with Crippen molar-refractivity contribution in [2.45, 2.75) is 277 Å². The lowest BCUT2D eigenvalue weighted by Crippen LogP contribution is -2.44. The monoisotopic (exact) mass is 787 g/mol. The zero-order valence-corrected chi connectivity index (χ0v) is 44.8. The number of unbranched alkanes of at least 4 members (excludes halogenated alkanes) is 2. The molecule has 0 aliphatic rings. The van der Waals surface area contributed by atoms with E-state index in [1.165, 1.54) is 89.9 Å². The van der Waals surface area contributed by atoms with Gasteiger partial charge in [-0.1, -0.05) is 219 Å². The molecular formula is C56H114. The van der Waals surface area contributed by atoms with Crippen LogP contribution in [0.4, 0.5) is 0 Å². The van der Waals surface area contributed by atoms with E-state index in [9.17, 15) is 0 Å². The molecule has 0 N–H and O–H groups in total. The van der Waals surface area contributed by atoms with Gasteiger partial charge in [-0.05, 0) is 142 Å². The first-order valence-corrected chi connectivity index (χ1v) is 24.6. The Morgan fingerprint density at radius 2 is 0.554 bits per heavy atom. The Labute approximate surface area is 359 Å². The predicted octanol–water partition coefficient (Wildman–Crippen LogP) is 19.9. The zero-order valence-electron chi connectivity index (χ0n) is 44.8. The van der Waals surface area contributed by atoms with Crippen molar-refractivity contribution in [3.8, 4) is 0 Å². The fourth-order valence-corrected chi connectivity index (χ4v) is 10.7. The van der Waals surface area contributed by atoms with Gasteiger partial charge in [-0.3, -0.25) is 0 Å². The summed E-state index contributed by atoms with van der Waals surface area (Å²) in [6, 6.07) is 0. The number of rotatable bonds is 26. The van der Waals surface area contributed by atoms with Crippen LogP contribution >= 0.6 is 0 Å². The van der Waals surface area contributed by atoms with E-state index in [0.717, 1.165) is 17.8 Å². The third kappa shape index (κ3) is 16.8. The molecule has 0 aliphatic heterocycles. The van der Waals surface area contributed by atoms with Gasteiger partial charge in [0.2, 0.25) is 0 Å². The van der Waals surface area contributed by atoms with Gasteiger partial charge in [0, 0.05) is 0 Å². The van der Waals surface area contributed by atoms with Gasteiger partial charge < -0.3 is 0 Å². The molecule has 0 saturated heterocycles. The Morgan fingerprint density at radius 3 is 0.857 bits per heavy atom. The summed E-state index contributed by atoms with van der Waals surface area (Å²) < 4.78 is 0. The van der Waals surface area contributed by atoms with Crippen LogP contribution in [0.15, 0.2) is 0 Å². The molecule has 0 heteroatoms. The van der Waals surface area contributed by atoms with E-state index >= 15 is 0 Å². The second-order valence-electron chi connectivity index (χ2n) is 28.5. The molecule has 0 amide bonds. The molecule has 5 atom stereocenters. The highest BCUT2D eigenvalue weighted by molar-refractivity contribution is 4.98.